The van der Waals surface area contributed by atoms with Gasteiger partial charge in [0.05, 0.1) is 21.6 Å². The molecule has 0 spiro atoms. The van der Waals surface area contributed by atoms with Crippen LogP contribution < -0.4 is 35.3 Å². The van der Waals surface area contributed by atoms with E-state index in [2.05, 4.69) is 6.92 Å². The van der Waals surface area contributed by atoms with Crippen molar-refractivity contribution in [1.82, 2.24) is 4.90 Å². The molecule has 0 aromatic heterocycles. The smallest absolute Gasteiger partial charge is 0.748 e. The van der Waals surface area contributed by atoms with Gasteiger partial charge in [0.25, 0.3) is 10.1 Å². The normalized spacial score (nSPS) is 11.3. The SMILES string of the molecule is CCCCCCCCCCCCCCCC(=O)N(C)CCS(=O)(=O)[O-].NCCS(=O)(=O)O.[Na+]. The van der Waals surface area contributed by atoms with E-state index in [4.69, 9.17) is 10.3 Å². The molecule has 0 atom stereocenters. The fourth-order valence-electron chi connectivity index (χ4n) is 3.01. The number of nitrogens with zero attached hydrogens (tertiary/aromatic N) is 1. The summed E-state index contributed by atoms with van der Waals surface area (Å²) < 4.78 is 59.0. The zero-order valence-electron chi connectivity index (χ0n) is 21.0. The molecule has 0 aliphatic rings. The van der Waals surface area contributed by atoms with Crippen molar-refractivity contribution in [2.75, 3.05) is 31.6 Å². The third kappa shape index (κ3) is 34.5. The van der Waals surface area contributed by atoms with Crippen LogP contribution in [0.3, 0.4) is 0 Å². The maximum Gasteiger partial charge on any atom is 1.00 e. The molecule has 1 amide bonds. The Morgan fingerprint density at radius 2 is 1.21 bits per heavy atom. The summed E-state index contributed by atoms with van der Waals surface area (Å²) in [5.41, 5.74) is 4.78. The first-order valence-electron chi connectivity index (χ1n) is 11.8. The summed E-state index contributed by atoms with van der Waals surface area (Å²) >= 11 is 0. The van der Waals surface area contributed by atoms with E-state index in [1.54, 1.807) is 7.05 Å². The monoisotopic (exact) mass is 524 g/mol. The van der Waals surface area contributed by atoms with Gasteiger partial charge < -0.3 is 15.2 Å². The minimum Gasteiger partial charge on any atom is -0.748 e. The summed E-state index contributed by atoms with van der Waals surface area (Å²) in [5, 5.41) is 0. The standard InChI is InChI=1S/C19H39NO4S.C2H7NO3S.Na/c1-3-4-5-6-7-8-9-10-11-12-13-14-15-16-19(21)20(2)17-18-25(22,23)24;3-1-2-7(4,5)6;/h3-18H2,1-2H3,(H,22,23,24);1-3H2,(H,4,5,6);/q;;+1/p-1. The minimum atomic E-state index is -4.25. The number of hydrogen-bond donors (Lipinski definition) is 2. The van der Waals surface area contributed by atoms with E-state index in [0.717, 1.165) is 19.3 Å². The van der Waals surface area contributed by atoms with E-state index in [-0.39, 0.29) is 54.3 Å². The summed E-state index contributed by atoms with van der Waals surface area (Å²) in [5.74, 6) is -0.937. The molecule has 194 valence electrons. The van der Waals surface area contributed by atoms with Gasteiger partial charge in [-0.15, -0.1) is 0 Å². The summed E-state index contributed by atoms with van der Waals surface area (Å²) in [7, 11) is -6.49. The number of carbonyl (C=O) groups is 1. The Hall–Kier alpha value is 0.250. The first-order valence-corrected chi connectivity index (χ1v) is 14.9. The Bertz CT molecular complexity index is 660. The van der Waals surface area contributed by atoms with Gasteiger partial charge in [0.1, 0.15) is 0 Å². The van der Waals surface area contributed by atoms with Gasteiger partial charge >= 0.3 is 29.6 Å². The predicted molar refractivity (Wildman–Crippen MR) is 128 cm³/mol. The van der Waals surface area contributed by atoms with Gasteiger partial charge in [-0.25, -0.2) is 8.42 Å². The molecule has 12 heteroatoms. The van der Waals surface area contributed by atoms with Gasteiger partial charge in [-0.2, -0.15) is 8.42 Å². The van der Waals surface area contributed by atoms with Crippen LogP contribution in [0.2, 0.25) is 0 Å². The Balaban J connectivity index is -0.000000969. The van der Waals surface area contributed by atoms with Crippen molar-refractivity contribution < 1.29 is 60.3 Å². The summed E-state index contributed by atoms with van der Waals surface area (Å²) in [6.45, 7) is 2.21. The summed E-state index contributed by atoms with van der Waals surface area (Å²) in [6, 6.07) is 0. The maximum atomic E-state index is 11.8. The molecule has 9 nitrogen and oxygen atoms in total. The van der Waals surface area contributed by atoms with Crippen LogP contribution in [0.4, 0.5) is 0 Å². The molecule has 0 bridgehead atoms. The number of carbonyl (C=O) groups excluding carboxylic acids is 1. The molecule has 0 rings (SSSR count). The van der Waals surface area contributed by atoms with Crippen LogP contribution in [0.15, 0.2) is 0 Å². The van der Waals surface area contributed by atoms with E-state index in [0.29, 0.717) is 6.42 Å². The van der Waals surface area contributed by atoms with E-state index < -0.39 is 26.0 Å². The third-order valence-corrected chi connectivity index (χ3v) is 6.41. The van der Waals surface area contributed by atoms with Crippen molar-refractivity contribution in [3.05, 3.63) is 0 Å². The molecule has 0 unspecified atom stereocenters. The van der Waals surface area contributed by atoms with E-state index in [1.165, 1.54) is 69.1 Å². The molecule has 0 heterocycles. The van der Waals surface area contributed by atoms with E-state index in [1.807, 2.05) is 0 Å². The quantitative estimate of drug-likeness (QED) is 0.139. The van der Waals surface area contributed by atoms with Crippen molar-refractivity contribution in [3.63, 3.8) is 0 Å². The summed E-state index contributed by atoms with van der Waals surface area (Å²) in [4.78, 5) is 13.1. The van der Waals surface area contributed by atoms with Crippen LogP contribution in [0, 0.1) is 0 Å². The Kier molecular flexibility index (Phi) is 27.4. The number of hydrogen-bond acceptors (Lipinski definition) is 7. The molecule has 0 aromatic carbocycles. The largest absolute Gasteiger partial charge is 1.00 e. The second-order valence-corrected chi connectivity index (χ2v) is 11.2. The molecule has 3 N–H and O–H groups in total. The molecule has 33 heavy (non-hydrogen) atoms. The minimum absolute atomic E-state index is 0. The van der Waals surface area contributed by atoms with Gasteiger partial charge in [0.15, 0.2) is 0 Å². The first-order chi connectivity index (χ1) is 14.9. The molecular weight excluding hydrogens is 479 g/mol. The molecule has 0 saturated heterocycles. The van der Waals surface area contributed by atoms with Crippen molar-refractivity contribution in [3.8, 4) is 0 Å². The molecule has 0 fully saturated rings. The Morgan fingerprint density at radius 3 is 1.52 bits per heavy atom. The van der Waals surface area contributed by atoms with Gasteiger partial charge in [-0.3, -0.25) is 9.35 Å². The van der Waals surface area contributed by atoms with Gasteiger partial charge in [-0.1, -0.05) is 84.0 Å². The maximum absolute atomic E-state index is 11.8. The van der Waals surface area contributed by atoms with Crippen molar-refractivity contribution >= 4 is 26.1 Å². The number of unbranched alkanes of at least 4 members (excludes halogenated alkanes) is 12. The molecule has 0 aliphatic heterocycles. The van der Waals surface area contributed by atoms with Gasteiger partial charge in [0, 0.05) is 26.6 Å². The Morgan fingerprint density at radius 1 is 0.818 bits per heavy atom. The Labute approximate surface area is 224 Å². The van der Waals surface area contributed by atoms with E-state index in [9.17, 15) is 26.2 Å². The molecule has 0 aliphatic carbocycles. The van der Waals surface area contributed by atoms with Gasteiger partial charge in [-0.05, 0) is 6.42 Å². The zero-order valence-corrected chi connectivity index (χ0v) is 24.6. The molecule has 0 aromatic rings. The number of rotatable bonds is 19. The van der Waals surface area contributed by atoms with Crippen LogP contribution in [0.5, 0.6) is 0 Å². The fourth-order valence-corrected chi connectivity index (χ4v) is 3.80. The average molecular weight is 525 g/mol. The zero-order chi connectivity index (χ0) is 24.9. The van der Waals surface area contributed by atoms with Gasteiger partial charge in [0.2, 0.25) is 5.91 Å². The summed E-state index contributed by atoms with van der Waals surface area (Å²) in [6.07, 6.45) is 16.8. The topological polar surface area (TPSA) is 158 Å². The van der Waals surface area contributed by atoms with Crippen LogP contribution in [-0.4, -0.2) is 68.4 Å². The molecule has 0 saturated carbocycles. The van der Waals surface area contributed by atoms with Crippen LogP contribution >= 0.6 is 0 Å². The van der Waals surface area contributed by atoms with Crippen molar-refractivity contribution in [1.29, 1.82) is 0 Å². The fraction of sp³-hybridized carbons (Fsp3) is 0.952. The number of nitrogens with two attached hydrogens (primary N) is 1. The molecule has 0 radical (unpaired) electrons. The predicted octanol–water partition coefficient (Wildman–Crippen LogP) is 0.308. The van der Waals surface area contributed by atoms with Crippen molar-refractivity contribution in [2.45, 2.75) is 96.8 Å². The first kappa shape index (κ1) is 37.8. The van der Waals surface area contributed by atoms with Crippen molar-refractivity contribution in [2.24, 2.45) is 5.73 Å². The van der Waals surface area contributed by atoms with Crippen LogP contribution in [-0.2, 0) is 25.0 Å². The van der Waals surface area contributed by atoms with Crippen LogP contribution in [0.25, 0.3) is 0 Å². The molecular formula is C21H45N2NaO7S2. The number of amides is 1. The third-order valence-electron chi connectivity index (χ3n) is 4.97. The second-order valence-electron chi connectivity index (χ2n) is 8.14. The van der Waals surface area contributed by atoms with E-state index >= 15 is 0 Å². The van der Waals surface area contributed by atoms with Crippen LogP contribution in [0.1, 0.15) is 96.8 Å². The average Bonchev–Trinajstić information content (AvgIpc) is 2.68. The second kappa shape index (κ2) is 24.0.